The summed E-state index contributed by atoms with van der Waals surface area (Å²) < 4.78 is 4.84. The fourth-order valence-electron chi connectivity index (χ4n) is 1.09. The molecule has 1 aromatic carbocycles. The second-order valence-corrected chi connectivity index (χ2v) is 3.84. The van der Waals surface area contributed by atoms with E-state index in [1.165, 1.54) is 31.2 Å². The molecule has 0 aliphatic carbocycles. The van der Waals surface area contributed by atoms with Crippen LogP contribution in [-0.4, -0.2) is 24.0 Å². The molecule has 0 fully saturated rings. The number of urea groups is 1. The van der Waals surface area contributed by atoms with Gasteiger partial charge >= 0.3 is 12.0 Å². The van der Waals surface area contributed by atoms with Gasteiger partial charge in [0.05, 0.1) is 5.56 Å². The van der Waals surface area contributed by atoms with Crippen LogP contribution in [0.3, 0.4) is 0 Å². The van der Waals surface area contributed by atoms with Gasteiger partial charge < -0.3 is 10.5 Å². The predicted octanol–water partition coefficient (Wildman–Crippen LogP) is 1.08. The second kappa shape index (κ2) is 6.02. The summed E-state index contributed by atoms with van der Waals surface area (Å²) >= 11 is 5.66. The van der Waals surface area contributed by atoms with Gasteiger partial charge in [-0.2, -0.15) is 0 Å². The summed E-state index contributed by atoms with van der Waals surface area (Å²) in [6, 6.07) is 4.96. The number of amides is 3. The molecule has 1 aromatic rings. The number of nitrogens with two attached hydrogens (primary N) is 1. The zero-order valence-corrected chi connectivity index (χ0v) is 10.2. The van der Waals surface area contributed by atoms with Crippen LogP contribution < -0.4 is 11.1 Å². The smallest absolute Gasteiger partial charge is 0.338 e. The largest absolute Gasteiger partial charge is 0.449 e. The topological polar surface area (TPSA) is 98.5 Å². The van der Waals surface area contributed by atoms with Gasteiger partial charge in [0.15, 0.2) is 6.10 Å². The molecule has 0 spiro atoms. The van der Waals surface area contributed by atoms with Crippen LogP contribution in [0.5, 0.6) is 0 Å². The zero-order valence-electron chi connectivity index (χ0n) is 9.48. The quantitative estimate of drug-likeness (QED) is 0.803. The SMILES string of the molecule is CC(OC(=O)c1ccc(Cl)cc1)C(=O)NC(N)=O. The Bertz CT molecular complexity index is 472. The maximum Gasteiger partial charge on any atom is 0.338 e. The molecule has 7 heteroatoms. The molecule has 0 heterocycles. The molecular weight excluding hydrogens is 260 g/mol. The van der Waals surface area contributed by atoms with Crippen LogP contribution >= 0.6 is 11.6 Å². The van der Waals surface area contributed by atoms with Crippen molar-refractivity contribution >= 4 is 29.5 Å². The van der Waals surface area contributed by atoms with Gasteiger partial charge in [0.2, 0.25) is 0 Å². The minimum atomic E-state index is -1.12. The Kier molecular flexibility index (Phi) is 4.67. The first-order valence-electron chi connectivity index (χ1n) is 4.97. The summed E-state index contributed by atoms with van der Waals surface area (Å²) in [4.78, 5) is 33.3. The standard InChI is InChI=1S/C11H11ClN2O4/c1-6(9(15)14-11(13)17)18-10(16)7-2-4-8(12)5-3-7/h2-6H,1H3,(H3,13,14,15,17). The number of carbonyl (C=O) groups is 3. The number of hydrogen-bond donors (Lipinski definition) is 2. The van der Waals surface area contributed by atoms with Gasteiger partial charge in [-0.15, -0.1) is 0 Å². The van der Waals surface area contributed by atoms with Gasteiger partial charge in [0, 0.05) is 5.02 Å². The van der Waals surface area contributed by atoms with E-state index in [2.05, 4.69) is 0 Å². The Morgan fingerprint density at radius 3 is 2.33 bits per heavy atom. The average Bonchev–Trinajstić information content (AvgIpc) is 2.28. The monoisotopic (exact) mass is 270 g/mol. The van der Waals surface area contributed by atoms with Crippen molar-refractivity contribution in [2.24, 2.45) is 5.73 Å². The van der Waals surface area contributed by atoms with Gasteiger partial charge in [-0.25, -0.2) is 9.59 Å². The number of esters is 1. The number of rotatable bonds is 3. The van der Waals surface area contributed by atoms with Gasteiger partial charge in [-0.1, -0.05) is 11.6 Å². The molecule has 1 atom stereocenters. The van der Waals surface area contributed by atoms with Gasteiger partial charge in [0.1, 0.15) is 0 Å². The van der Waals surface area contributed by atoms with Crippen molar-refractivity contribution < 1.29 is 19.1 Å². The van der Waals surface area contributed by atoms with Crippen molar-refractivity contribution in [1.29, 1.82) is 0 Å². The van der Waals surface area contributed by atoms with Crippen LogP contribution in [0.4, 0.5) is 4.79 Å². The van der Waals surface area contributed by atoms with E-state index in [1.807, 2.05) is 5.32 Å². The fourth-order valence-corrected chi connectivity index (χ4v) is 1.22. The number of halogens is 1. The first-order valence-corrected chi connectivity index (χ1v) is 5.35. The Morgan fingerprint density at radius 1 is 1.28 bits per heavy atom. The predicted molar refractivity (Wildman–Crippen MR) is 64.1 cm³/mol. The van der Waals surface area contributed by atoms with Crippen LogP contribution in [-0.2, 0) is 9.53 Å². The number of primary amides is 1. The fraction of sp³-hybridized carbons (Fsp3) is 0.182. The average molecular weight is 271 g/mol. The normalized spacial score (nSPS) is 11.4. The van der Waals surface area contributed by atoms with E-state index in [0.29, 0.717) is 5.02 Å². The molecule has 3 N–H and O–H groups in total. The van der Waals surface area contributed by atoms with Crippen LogP contribution in [0.1, 0.15) is 17.3 Å². The summed E-state index contributed by atoms with van der Waals surface area (Å²) in [6.45, 7) is 1.33. The van der Waals surface area contributed by atoms with Crippen molar-refractivity contribution in [2.45, 2.75) is 13.0 Å². The molecule has 0 aromatic heterocycles. The number of benzene rings is 1. The Labute approximate surface area is 108 Å². The number of nitrogens with one attached hydrogen (secondary N) is 1. The van der Waals surface area contributed by atoms with Crippen LogP contribution in [0.25, 0.3) is 0 Å². The molecule has 96 valence electrons. The minimum Gasteiger partial charge on any atom is -0.449 e. The summed E-state index contributed by atoms with van der Waals surface area (Å²) in [5, 5.41) is 2.29. The highest BCUT2D eigenvalue weighted by atomic mass is 35.5. The lowest BCUT2D eigenvalue weighted by atomic mass is 10.2. The molecule has 0 aliphatic rings. The first kappa shape index (κ1) is 14.0. The lowest BCUT2D eigenvalue weighted by Gasteiger charge is -2.11. The molecule has 18 heavy (non-hydrogen) atoms. The van der Waals surface area contributed by atoms with Crippen LogP contribution in [0, 0.1) is 0 Å². The molecule has 6 nitrogen and oxygen atoms in total. The third-order valence-electron chi connectivity index (χ3n) is 1.98. The number of carbonyl (C=O) groups excluding carboxylic acids is 3. The molecule has 0 saturated carbocycles. The Morgan fingerprint density at radius 2 is 1.83 bits per heavy atom. The first-order chi connectivity index (χ1) is 8.40. The molecule has 1 rings (SSSR count). The lowest BCUT2D eigenvalue weighted by molar-refractivity contribution is -0.127. The highest BCUT2D eigenvalue weighted by Crippen LogP contribution is 2.11. The van der Waals surface area contributed by atoms with E-state index in [0.717, 1.165) is 0 Å². The van der Waals surface area contributed by atoms with Crippen molar-refractivity contribution in [1.82, 2.24) is 5.32 Å². The second-order valence-electron chi connectivity index (χ2n) is 3.41. The molecular formula is C11H11ClN2O4. The summed E-state index contributed by atoms with van der Waals surface area (Å²) in [7, 11) is 0. The molecule has 0 saturated heterocycles. The third-order valence-corrected chi connectivity index (χ3v) is 2.23. The van der Waals surface area contributed by atoms with Crippen molar-refractivity contribution in [3.05, 3.63) is 34.9 Å². The van der Waals surface area contributed by atoms with Crippen LogP contribution in [0.2, 0.25) is 5.02 Å². The lowest BCUT2D eigenvalue weighted by Crippen LogP contribution is -2.42. The van der Waals surface area contributed by atoms with Crippen LogP contribution in [0.15, 0.2) is 24.3 Å². The molecule has 0 radical (unpaired) electrons. The van der Waals surface area contributed by atoms with Crippen molar-refractivity contribution in [3.63, 3.8) is 0 Å². The van der Waals surface area contributed by atoms with E-state index in [-0.39, 0.29) is 5.56 Å². The van der Waals surface area contributed by atoms with E-state index in [4.69, 9.17) is 22.1 Å². The maximum atomic E-state index is 11.6. The van der Waals surface area contributed by atoms with Gasteiger partial charge in [-0.3, -0.25) is 10.1 Å². The third kappa shape index (κ3) is 4.06. The molecule has 1 unspecified atom stereocenters. The van der Waals surface area contributed by atoms with E-state index < -0.39 is 24.0 Å². The van der Waals surface area contributed by atoms with Gasteiger partial charge in [-0.05, 0) is 31.2 Å². The highest BCUT2D eigenvalue weighted by molar-refractivity contribution is 6.30. The van der Waals surface area contributed by atoms with E-state index in [9.17, 15) is 14.4 Å². The van der Waals surface area contributed by atoms with E-state index in [1.54, 1.807) is 0 Å². The Balaban J connectivity index is 2.62. The maximum absolute atomic E-state index is 11.6. The summed E-state index contributed by atoms with van der Waals surface area (Å²) in [5.41, 5.74) is 5.01. The Hall–Kier alpha value is -2.08. The van der Waals surface area contributed by atoms with E-state index >= 15 is 0 Å². The van der Waals surface area contributed by atoms with Crippen molar-refractivity contribution in [2.75, 3.05) is 0 Å². The molecule has 0 bridgehead atoms. The highest BCUT2D eigenvalue weighted by Gasteiger charge is 2.19. The number of ether oxygens (including phenoxy) is 1. The number of imide groups is 1. The molecule has 3 amide bonds. The summed E-state index contributed by atoms with van der Waals surface area (Å²) in [6.07, 6.45) is -1.12. The van der Waals surface area contributed by atoms with Gasteiger partial charge in [0.25, 0.3) is 5.91 Å². The molecule has 0 aliphatic heterocycles. The zero-order chi connectivity index (χ0) is 13.7. The number of hydrogen-bond acceptors (Lipinski definition) is 4. The minimum absolute atomic E-state index is 0.248. The summed E-state index contributed by atoms with van der Waals surface area (Å²) in [5.74, 6) is -1.48. The van der Waals surface area contributed by atoms with Crippen molar-refractivity contribution in [3.8, 4) is 0 Å².